The molecule has 0 bridgehead atoms. The molecule has 0 heterocycles. The molecule has 33 heavy (non-hydrogen) atoms. The zero-order valence-electron chi connectivity index (χ0n) is 17.8. The Morgan fingerprint density at radius 2 is 1.58 bits per heavy atom. The van der Waals surface area contributed by atoms with Gasteiger partial charge in [0.25, 0.3) is 11.6 Å². The van der Waals surface area contributed by atoms with Crippen molar-refractivity contribution in [3.63, 3.8) is 0 Å². The summed E-state index contributed by atoms with van der Waals surface area (Å²) in [6.45, 7) is -0.598. The number of fused-ring (bicyclic) bond motifs is 2. The molecule has 1 amide bonds. The lowest BCUT2D eigenvalue weighted by molar-refractivity contribution is -0.385. The Hall–Kier alpha value is -3.88. The molecule has 2 aromatic rings. The summed E-state index contributed by atoms with van der Waals surface area (Å²) in [5.74, 6) is -2.85. The molecule has 2 aliphatic carbocycles. The second kappa shape index (κ2) is 9.32. The van der Waals surface area contributed by atoms with E-state index in [1.807, 2.05) is 0 Å². The number of rotatable bonds is 5. The molecule has 9 heteroatoms. The maximum absolute atomic E-state index is 13.0. The molecule has 1 saturated carbocycles. The lowest BCUT2D eigenvalue weighted by Crippen LogP contribution is -2.37. The van der Waals surface area contributed by atoms with E-state index >= 15 is 0 Å². The van der Waals surface area contributed by atoms with Crippen LogP contribution in [-0.2, 0) is 9.53 Å². The number of nitro groups is 1. The number of esters is 1. The van der Waals surface area contributed by atoms with Crippen LogP contribution < -0.4 is 5.32 Å². The fraction of sp³-hybridized carbons (Fsp3) is 0.333. The van der Waals surface area contributed by atoms with Gasteiger partial charge in [-0.05, 0) is 25.0 Å². The predicted octanol–water partition coefficient (Wildman–Crippen LogP) is 3.37. The van der Waals surface area contributed by atoms with Crippen LogP contribution in [0.2, 0.25) is 0 Å². The summed E-state index contributed by atoms with van der Waals surface area (Å²) in [6.07, 6.45) is 5.98. The van der Waals surface area contributed by atoms with Crippen molar-refractivity contribution in [3.05, 3.63) is 74.3 Å². The van der Waals surface area contributed by atoms with E-state index in [4.69, 9.17) is 4.74 Å². The number of benzene rings is 2. The summed E-state index contributed by atoms with van der Waals surface area (Å²) in [7, 11) is 0. The molecular weight excluding hydrogens is 428 g/mol. The monoisotopic (exact) mass is 450 g/mol. The highest BCUT2D eigenvalue weighted by Gasteiger charge is 2.39. The molecule has 1 fully saturated rings. The smallest absolute Gasteiger partial charge is 0.345 e. The van der Waals surface area contributed by atoms with Crippen LogP contribution in [0.15, 0.2) is 36.4 Å². The van der Waals surface area contributed by atoms with Gasteiger partial charge in [-0.2, -0.15) is 0 Å². The maximum Gasteiger partial charge on any atom is 0.345 e. The SMILES string of the molecule is O=C(COC(=O)c1ccc2c(c1[N+](=O)[O-])C(=O)c1ccccc1C2=O)NC1CCCCCC1. The van der Waals surface area contributed by atoms with E-state index in [0.717, 1.165) is 44.6 Å². The first-order valence-electron chi connectivity index (χ1n) is 10.8. The minimum absolute atomic E-state index is 0.0143. The van der Waals surface area contributed by atoms with Crippen LogP contribution in [0.5, 0.6) is 0 Å². The lowest BCUT2D eigenvalue weighted by Gasteiger charge is -2.18. The van der Waals surface area contributed by atoms with Crippen molar-refractivity contribution in [2.24, 2.45) is 0 Å². The maximum atomic E-state index is 13.0. The summed E-state index contributed by atoms with van der Waals surface area (Å²) >= 11 is 0. The molecule has 0 saturated heterocycles. The average molecular weight is 450 g/mol. The molecule has 9 nitrogen and oxygen atoms in total. The van der Waals surface area contributed by atoms with Crippen molar-refractivity contribution >= 4 is 29.1 Å². The minimum Gasteiger partial charge on any atom is -0.452 e. The number of nitrogens with one attached hydrogen (secondary N) is 1. The van der Waals surface area contributed by atoms with Crippen LogP contribution in [0.1, 0.15) is 80.7 Å². The van der Waals surface area contributed by atoms with Gasteiger partial charge >= 0.3 is 5.97 Å². The van der Waals surface area contributed by atoms with Crippen LogP contribution in [-0.4, -0.2) is 41.0 Å². The summed E-state index contributed by atoms with van der Waals surface area (Å²) in [5.41, 5.74) is -1.69. The number of carbonyl (C=O) groups is 4. The average Bonchev–Trinajstić information content (AvgIpc) is 3.08. The highest BCUT2D eigenvalue weighted by Crippen LogP contribution is 2.35. The van der Waals surface area contributed by atoms with Crippen LogP contribution in [0.4, 0.5) is 5.69 Å². The fourth-order valence-electron chi connectivity index (χ4n) is 4.43. The Morgan fingerprint density at radius 1 is 0.939 bits per heavy atom. The van der Waals surface area contributed by atoms with E-state index in [2.05, 4.69) is 5.32 Å². The van der Waals surface area contributed by atoms with E-state index in [1.54, 1.807) is 12.1 Å². The highest BCUT2D eigenvalue weighted by atomic mass is 16.6. The molecule has 4 rings (SSSR count). The second-order valence-corrected chi connectivity index (χ2v) is 8.18. The largest absolute Gasteiger partial charge is 0.452 e. The first-order chi connectivity index (χ1) is 15.9. The summed E-state index contributed by atoms with van der Waals surface area (Å²) in [4.78, 5) is 61.6. The zero-order chi connectivity index (χ0) is 23.5. The number of ketones is 2. The third kappa shape index (κ3) is 4.39. The van der Waals surface area contributed by atoms with Gasteiger partial charge in [-0.15, -0.1) is 0 Å². The number of nitro benzene ring substituents is 1. The summed E-state index contributed by atoms with van der Waals surface area (Å²) < 4.78 is 5.02. The van der Waals surface area contributed by atoms with Crippen molar-refractivity contribution in [1.29, 1.82) is 0 Å². The van der Waals surface area contributed by atoms with Crippen LogP contribution in [0.3, 0.4) is 0 Å². The Balaban J connectivity index is 1.56. The Kier molecular flexibility index (Phi) is 6.30. The molecule has 0 aromatic heterocycles. The van der Waals surface area contributed by atoms with Crippen LogP contribution in [0.25, 0.3) is 0 Å². The van der Waals surface area contributed by atoms with Gasteiger partial charge in [-0.1, -0.05) is 49.9 Å². The molecule has 0 radical (unpaired) electrons. The van der Waals surface area contributed by atoms with Gasteiger partial charge in [0.1, 0.15) is 11.1 Å². The summed E-state index contributed by atoms with van der Waals surface area (Å²) in [5, 5.41) is 14.7. The molecular formula is C24H22N2O7. The number of amides is 1. The van der Waals surface area contributed by atoms with Gasteiger partial charge in [0.05, 0.1) is 4.92 Å². The van der Waals surface area contributed by atoms with E-state index < -0.39 is 51.8 Å². The second-order valence-electron chi connectivity index (χ2n) is 8.18. The van der Waals surface area contributed by atoms with E-state index in [0.29, 0.717) is 0 Å². The normalized spacial score (nSPS) is 15.8. The minimum atomic E-state index is -1.11. The molecule has 0 atom stereocenters. The molecule has 0 spiro atoms. The van der Waals surface area contributed by atoms with Crippen molar-refractivity contribution in [2.45, 2.75) is 44.6 Å². The standard InChI is InChI=1S/C24H22N2O7/c27-19(25-14-7-3-1-2-4-8-14)13-33-24(30)18-12-11-17-20(21(18)26(31)32)23(29)16-10-6-5-9-15(16)22(17)28/h5-6,9-12,14H,1-4,7-8,13H2,(H,25,27). The Bertz CT molecular complexity index is 1160. The Labute approximate surface area is 189 Å². The fourth-order valence-corrected chi connectivity index (χ4v) is 4.43. The summed E-state index contributed by atoms with van der Waals surface area (Å²) in [6, 6.07) is 8.33. The number of ether oxygens (including phenoxy) is 1. The van der Waals surface area contributed by atoms with Crippen LogP contribution >= 0.6 is 0 Å². The van der Waals surface area contributed by atoms with E-state index in [-0.39, 0.29) is 22.7 Å². The number of hydrogen-bond acceptors (Lipinski definition) is 7. The quantitative estimate of drug-likeness (QED) is 0.273. The number of carbonyl (C=O) groups excluding carboxylic acids is 4. The Morgan fingerprint density at radius 3 is 2.21 bits per heavy atom. The van der Waals surface area contributed by atoms with Crippen molar-refractivity contribution in [2.75, 3.05) is 6.61 Å². The van der Waals surface area contributed by atoms with Gasteiger partial charge in [0.2, 0.25) is 5.78 Å². The topological polar surface area (TPSA) is 133 Å². The van der Waals surface area contributed by atoms with Gasteiger partial charge < -0.3 is 10.1 Å². The van der Waals surface area contributed by atoms with Crippen LogP contribution in [0, 0.1) is 10.1 Å². The molecule has 170 valence electrons. The van der Waals surface area contributed by atoms with Gasteiger partial charge in [-0.25, -0.2) is 4.79 Å². The van der Waals surface area contributed by atoms with Gasteiger partial charge in [-0.3, -0.25) is 24.5 Å². The van der Waals surface area contributed by atoms with Gasteiger partial charge in [0, 0.05) is 22.7 Å². The van der Waals surface area contributed by atoms with Crippen molar-refractivity contribution < 1.29 is 28.8 Å². The molecule has 1 N–H and O–H groups in total. The molecule has 0 aliphatic heterocycles. The predicted molar refractivity (Wildman–Crippen MR) is 116 cm³/mol. The third-order valence-electron chi connectivity index (χ3n) is 6.02. The van der Waals surface area contributed by atoms with E-state index in [9.17, 15) is 29.3 Å². The highest BCUT2D eigenvalue weighted by molar-refractivity contribution is 6.30. The lowest BCUT2D eigenvalue weighted by atomic mass is 9.82. The molecule has 2 aliphatic rings. The molecule has 2 aromatic carbocycles. The first-order valence-corrected chi connectivity index (χ1v) is 10.8. The van der Waals surface area contributed by atoms with Crippen molar-refractivity contribution in [3.8, 4) is 0 Å². The molecule has 0 unspecified atom stereocenters. The first kappa shape index (κ1) is 22.3. The van der Waals surface area contributed by atoms with Crippen molar-refractivity contribution in [1.82, 2.24) is 5.32 Å². The number of nitrogens with zero attached hydrogens (tertiary/aromatic N) is 1. The number of hydrogen-bond donors (Lipinski definition) is 1. The van der Waals surface area contributed by atoms with E-state index in [1.165, 1.54) is 18.2 Å². The zero-order valence-corrected chi connectivity index (χ0v) is 17.8. The van der Waals surface area contributed by atoms with Gasteiger partial charge in [0.15, 0.2) is 12.4 Å². The third-order valence-corrected chi connectivity index (χ3v) is 6.02.